The van der Waals surface area contributed by atoms with Gasteiger partial charge in [0.2, 0.25) is 11.8 Å². The third-order valence-electron chi connectivity index (χ3n) is 2.53. The molecule has 114 valence electrons. The van der Waals surface area contributed by atoms with Crippen molar-refractivity contribution in [1.29, 1.82) is 0 Å². The summed E-state index contributed by atoms with van der Waals surface area (Å²) in [6, 6.07) is -0.534. The Bertz CT molecular complexity index is 271. The van der Waals surface area contributed by atoms with E-state index in [2.05, 4.69) is 24.5 Å². The normalized spacial score (nSPS) is 11.9. The summed E-state index contributed by atoms with van der Waals surface area (Å²) < 4.78 is 0. The Labute approximate surface area is 126 Å². The van der Waals surface area contributed by atoms with E-state index < -0.39 is 6.04 Å². The van der Waals surface area contributed by atoms with E-state index in [9.17, 15) is 9.59 Å². The Morgan fingerprint density at radius 2 is 1.63 bits per heavy atom. The maximum Gasteiger partial charge on any atom is 0.239 e. The molecule has 0 rings (SSSR count). The molecule has 5 nitrogen and oxygen atoms in total. The predicted octanol–water partition coefficient (Wildman–Crippen LogP) is 1.22. The standard InChI is InChI=1S/C13H27N3O2.BrH/c1-9(2)5-6-15-12(17)8-16-13(18)11(14)7-10(3)4;/h9-11H,5-8,14H2,1-4H3,(H,15,17)(H,16,18);1H/t11-;/m0./s1. The Kier molecular flexibility index (Phi) is 12.2. The van der Waals surface area contributed by atoms with Crippen LogP contribution in [0.3, 0.4) is 0 Å². The zero-order valence-electron chi connectivity index (χ0n) is 12.4. The molecule has 1 atom stereocenters. The lowest BCUT2D eigenvalue weighted by atomic mass is 10.0. The highest BCUT2D eigenvalue weighted by Crippen LogP contribution is 2.02. The summed E-state index contributed by atoms with van der Waals surface area (Å²) in [6.07, 6.45) is 1.56. The van der Waals surface area contributed by atoms with Gasteiger partial charge in [-0.15, -0.1) is 17.0 Å². The van der Waals surface area contributed by atoms with E-state index in [1.54, 1.807) is 0 Å². The number of amides is 2. The lowest BCUT2D eigenvalue weighted by Gasteiger charge is -2.14. The molecule has 0 radical (unpaired) electrons. The van der Waals surface area contributed by atoms with Crippen molar-refractivity contribution in [3.8, 4) is 0 Å². The molecule has 0 bridgehead atoms. The molecule has 0 spiro atoms. The van der Waals surface area contributed by atoms with Crippen LogP contribution in [0.15, 0.2) is 0 Å². The first-order chi connectivity index (χ1) is 8.32. The molecule has 2 amide bonds. The van der Waals surface area contributed by atoms with Gasteiger partial charge in [0, 0.05) is 6.54 Å². The third-order valence-corrected chi connectivity index (χ3v) is 2.53. The highest BCUT2D eigenvalue weighted by molar-refractivity contribution is 8.93. The van der Waals surface area contributed by atoms with Gasteiger partial charge in [-0.05, 0) is 24.7 Å². The molecule has 0 aromatic rings. The monoisotopic (exact) mass is 337 g/mol. The minimum atomic E-state index is -0.534. The Morgan fingerprint density at radius 1 is 1.05 bits per heavy atom. The number of nitrogens with two attached hydrogens (primary N) is 1. The zero-order chi connectivity index (χ0) is 14.1. The molecule has 0 heterocycles. The van der Waals surface area contributed by atoms with E-state index in [4.69, 9.17) is 5.73 Å². The van der Waals surface area contributed by atoms with Crippen LogP contribution in [0, 0.1) is 11.8 Å². The van der Waals surface area contributed by atoms with Gasteiger partial charge in [0.15, 0.2) is 0 Å². The molecule has 0 aliphatic rings. The smallest absolute Gasteiger partial charge is 0.239 e. The van der Waals surface area contributed by atoms with E-state index in [-0.39, 0.29) is 35.3 Å². The summed E-state index contributed by atoms with van der Waals surface area (Å²) >= 11 is 0. The number of hydrogen-bond acceptors (Lipinski definition) is 3. The van der Waals surface area contributed by atoms with Gasteiger partial charge in [0.05, 0.1) is 12.6 Å². The average molecular weight is 338 g/mol. The summed E-state index contributed by atoms with van der Waals surface area (Å²) in [6.45, 7) is 8.85. The molecule has 0 aromatic carbocycles. The van der Waals surface area contributed by atoms with E-state index in [1.165, 1.54) is 0 Å². The SMILES string of the molecule is Br.CC(C)CCNC(=O)CNC(=O)[C@@H](N)CC(C)C. The molecule has 0 fully saturated rings. The second-order valence-electron chi connectivity index (χ2n) is 5.49. The summed E-state index contributed by atoms with van der Waals surface area (Å²) in [4.78, 5) is 23.0. The maximum absolute atomic E-state index is 11.5. The van der Waals surface area contributed by atoms with Gasteiger partial charge in [-0.3, -0.25) is 9.59 Å². The highest BCUT2D eigenvalue weighted by Gasteiger charge is 2.15. The van der Waals surface area contributed by atoms with Crippen molar-refractivity contribution in [2.45, 2.75) is 46.6 Å². The molecule has 6 heteroatoms. The molecule has 0 aromatic heterocycles. The average Bonchev–Trinajstić information content (AvgIpc) is 2.24. The maximum atomic E-state index is 11.5. The third kappa shape index (κ3) is 12.2. The molecule has 19 heavy (non-hydrogen) atoms. The quantitative estimate of drug-likeness (QED) is 0.622. The van der Waals surface area contributed by atoms with Crippen molar-refractivity contribution in [3.05, 3.63) is 0 Å². The Morgan fingerprint density at radius 3 is 2.11 bits per heavy atom. The largest absolute Gasteiger partial charge is 0.355 e. The first kappa shape index (κ1) is 20.7. The van der Waals surface area contributed by atoms with Crippen molar-refractivity contribution in [2.75, 3.05) is 13.1 Å². The lowest BCUT2D eigenvalue weighted by Crippen LogP contribution is -2.45. The summed E-state index contributed by atoms with van der Waals surface area (Å²) in [5.41, 5.74) is 5.70. The van der Waals surface area contributed by atoms with E-state index >= 15 is 0 Å². The van der Waals surface area contributed by atoms with Crippen LogP contribution in [-0.4, -0.2) is 30.9 Å². The highest BCUT2D eigenvalue weighted by atomic mass is 79.9. The molecular weight excluding hydrogens is 310 g/mol. The van der Waals surface area contributed by atoms with Crippen LogP contribution in [0.1, 0.15) is 40.5 Å². The zero-order valence-corrected chi connectivity index (χ0v) is 14.1. The van der Waals surface area contributed by atoms with Crippen LogP contribution in [0.25, 0.3) is 0 Å². The van der Waals surface area contributed by atoms with Gasteiger partial charge >= 0.3 is 0 Å². The van der Waals surface area contributed by atoms with Crippen molar-refractivity contribution < 1.29 is 9.59 Å². The number of hydrogen-bond donors (Lipinski definition) is 3. The summed E-state index contributed by atoms with van der Waals surface area (Å²) in [5.74, 6) is 0.494. The van der Waals surface area contributed by atoms with Crippen molar-refractivity contribution in [3.63, 3.8) is 0 Å². The van der Waals surface area contributed by atoms with Crippen LogP contribution >= 0.6 is 17.0 Å². The van der Waals surface area contributed by atoms with Gasteiger partial charge in [0.25, 0.3) is 0 Å². The fourth-order valence-electron chi connectivity index (χ4n) is 1.48. The second-order valence-corrected chi connectivity index (χ2v) is 5.49. The molecule has 0 saturated carbocycles. The molecular formula is C13H28BrN3O2. The first-order valence-electron chi connectivity index (χ1n) is 6.63. The minimum Gasteiger partial charge on any atom is -0.355 e. The van der Waals surface area contributed by atoms with E-state index in [0.717, 1.165) is 6.42 Å². The van der Waals surface area contributed by atoms with Crippen molar-refractivity contribution >= 4 is 28.8 Å². The van der Waals surface area contributed by atoms with Crippen LogP contribution < -0.4 is 16.4 Å². The first-order valence-corrected chi connectivity index (χ1v) is 6.63. The Hall–Kier alpha value is -0.620. The minimum absolute atomic E-state index is 0. The van der Waals surface area contributed by atoms with Gasteiger partial charge in [-0.2, -0.15) is 0 Å². The second kappa shape index (κ2) is 11.2. The lowest BCUT2D eigenvalue weighted by molar-refractivity contribution is -0.127. The number of carbonyl (C=O) groups excluding carboxylic acids is 2. The van der Waals surface area contributed by atoms with Crippen LogP contribution in [0.5, 0.6) is 0 Å². The van der Waals surface area contributed by atoms with Gasteiger partial charge in [-0.25, -0.2) is 0 Å². The van der Waals surface area contributed by atoms with Gasteiger partial charge in [-0.1, -0.05) is 27.7 Å². The number of halogens is 1. The van der Waals surface area contributed by atoms with E-state index in [0.29, 0.717) is 24.8 Å². The molecule has 0 unspecified atom stereocenters. The fourth-order valence-corrected chi connectivity index (χ4v) is 1.48. The van der Waals surface area contributed by atoms with Crippen LogP contribution in [0.4, 0.5) is 0 Å². The number of carbonyl (C=O) groups is 2. The van der Waals surface area contributed by atoms with Gasteiger partial charge in [0.1, 0.15) is 0 Å². The summed E-state index contributed by atoms with van der Waals surface area (Å²) in [7, 11) is 0. The Balaban J connectivity index is 0. The molecule has 0 aliphatic carbocycles. The predicted molar refractivity (Wildman–Crippen MR) is 83.2 cm³/mol. The summed E-state index contributed by atoms with van der Waals surface area (Å²) in [5, 5.41) is 5.30. The molecule has 0 aliphatic heterocycles. The molecule has 0 saturated heterocycles. The van der Waals surface area contributed by atoms with Crippen LogP contribution in [0.2, 0.25) is 0 Å². The fraction of sp³-hybridized carbons (Fsp3) is 0.846. The molecule has 4 N–H and O–H groups in total. The van der Waals surface area contributed by atoms with Crippen LogP contribution in [-0.2, 0) is 9.59 Å². The van der Waals surface area contributed by atoms with Gasteiger partial charge < -0.3 is 16.4 Å². The van der Waals surface area contributed by atoms with Crippen molar-refractivity contribution in [2.24, 2.45) is 17.6 Å². The number of nitrogens with one attached hydrogen (secondary N) is 2. The number of rotatable bonds is 8. The van der Waals surface area contributed by atoms with Crippen molar-refractivity contribution in [1.82, 2.24) is 10.6 Å². The van der Waals surface area contributed by atoms with E-state index in [1.807, 2.05) is 13.8 Å². The topological polar surface area (TPSA) is 84.2 Å².